The average molecular weight is 373 g/mol. The number of hydrogen-bond donors (Lipinski definition) is 2. The third-order valence-electron chi connectivity index (χ3n) is 5.18. The van der Waals surface area contributed by atoms with Gasteiger partial charge >= 0.3 is 0 Å². The van der Waals surface area contributed by atoms with Crippen LogP contribution >= 0.6 is 0 Å². The fourth-order valence-electron chi connectivity index (χ4n) is 3.61. The summed E-state index contributed by atoms with van der Waals surface area (Å²) in [5.41, 5.74) is 6.28. The largest absolute Gasteiger partial charge is 0.344 e. The van der Waals surface area contributed by atoms with Crippen LogP contribution in [0, 0.1) is 0 Å². The molecule has 0 saturated heterocycles. The molecule has 8 nitrogen and oxygen atoms in total. The summed E-state index contributed by atoms with van der Waals surface area (Å²) in [5, 5.41) is 11.4. The number of H-pyrrole nitrogens is 1. The first kappa shape index (κ1) is 16.6. The number of amides is 1. The van der Waals surface area contributed by atoms with Crippen LogP contribution < -0.4 is 5.32 Å². The van der Waals surface area contributed by atoms with E-state index in [1.54, 1.807) is 17.1 Å². The molecule has 1 aliphatic carbocycles. The van der Waals surface area contributed by atoms with Crippen molar-refractivity contribution in [1.82, 2.24) is 35.3 Å². The molecule has 0 bridgehead atoms. The number of nitrogens with one attached hydrogen (secondary N) is 2. The maximum absolute atomic E-state index is 12.6. The molecule has 0 spiro atoms. The van der Waals surface area contributed by atoms with E-state index in [1.807, 2.05) is 13.1 Å². The van der Waals surface area contributed by atoms with Crippen molar-refractivity contribution in [1.29, 1.82) is 0 Å². The van der Waals surface area contributed by atoms with E-state index >= 15 is 0 Å². The summed E-state index contributed by atoms with van der Waals surface area (Å²) >= 11 is 0. The van der Waals surface area contributed by atoms with E-state index < -0.39 is 0 Å². The lowest BCUT2D eigenvalue weighted by Crippen LogP contribution is -2.27. The number of nitrogens with zero attached hydrogens (tertiary/aromatic N) is 5. The van der Waals surface area contributed by atoms with Gasteiger partial charge in [0.1, 0.15) is 5.69 Å². The lowest BCUT2D eigenvalue weighted by Gasteiger charge is -2.10. The number of benzene rings is 1. The first-order valence-electron chi connectivity index (χ1n) is 9.32. The molecule has 4 aromatic rings. The van der Waals surface area contributed by atoms with Crippen molar-refractivity contribution >= 4 is 17.1 Å². The Hall–Kier alpha value is -3.55. The van der Waals surface area contributed by atoms with Gasteiger partial charge in [0.05, 0.1) is 35.3 Å². The Morgan fingerprint density at radius 2 is 2.11 bits per heavy atom. The molecule has 140 valence electrons. The van der Waals surface area contributed by atoms with Crippen LogP contribution in [0.3, 0.4) is 0 Å². The van der Waals surface area contributed by atoms with E-state index in [4.69, 9.17) is 0 Å². The highest BCUT2D eigenvalue weighted by Gasteiger charge is 2.17. The van der Waals surface area contributed by atoms with Gasteiger partial charge in [-0.2, -0.15) is 0 Å². The predicted octanol–water partition coefficient (Wildman–Crippen LogP) is 2.52. The highest BCUT2D eigenvalue weighted by Crippen LogP contribution is 2.24. The maximum atomic E-state index is 12.6. The van der Waals surface area contributed by atoms with Crippen LogP contribution in [0.4, 0.5) is 0 Å². The fourth-order valence-corrected chi connectivity index (χ4v) is 3.61. The van der Waals surface area contributed by atoms with E-state index in [0.717, 1.165) is 24.0 Å². The van der Waals surface area contributed by atoms with Gasteiger partial charge in [0.15, 0.2) is 5.65 Å². The summed E-state index contributed by atoms with van der Waals surface area (Å²) in [6, 6.07) is 7.86. The first-order chi connectivity index (χ1) is 13.7. The van der Waals surface area contributed by atoms with Crippen molar-refractivity contribution in [2.75, 3.05) is 0 Å². The molecule has 0 radical (unpaired) electrons. The molecule has 1 atom stereocenters. The van der Waals surface area contributed by atoms with Crippen molar-refractivity contribution in [3.8, 4) is 5.69 Å². The van der Waals surface area contributed by atoms with Crippen LogP contribution in [0.1, 0.15) is 46.6 Å². The van der Waals surface area contributed by atoms with Crippen LogP contribution in [0.2, 0.25) is 0 Å². The molecule has 1 amide bonds. The van der Waals surface area contributed by atoms with Gasteiger partial charge in [-0.25, -0.2) is 14.6 Å². The van der Waals surface area contributed by atoms with Crippen LogP contribution in [0.5, 0.6) is 0 Å². The third kappa shape index (κ3) is 2.92. The van der Waals surface area contributed by atoms with E-state index in [0.29, 0.717) is 16.9 Å². The zero-order valence-corrected chi connectivity index (χ0v) is 15.4. The number of aromatic nitrogens is 6. The molecule has 2 N–H and O–H groups in total. The Bertz CT molecular complexity index is 1180. The summed E-state index contributed by atoms with van der Waals surface area (Å²) in [5.74, 6) is -0.219. The second-order valence-corrected chi connectivity index (χ2v) is 7.09. The van der Waals surface area contributed by atoms with Gasteiger partial charge in [0.2, 0.25) is 0 Å². The molecule has 1 aliphatic rings. The number of pyridine rings is 1. The minimum Gasteiger partial charge on any atom is -0.344 e. The second-order valence-electron chi connectivity index (χ2n) is 7.09. The topological polar surface area (TPSA) is 101 Å². The van der Waals surface area contributed by atoms with E-state index in [2.05, 4.69) is 48.8 Å². The summed E-state index contributed by atoms with van der Waals surface area (Å²) in [6.07, 6.45) is 8.42. The minimum absolute atomic E-state index is 0.219. The fraction of sp³-hybridized carbons (Fsp3) is 0.250. The Labute approximate surface area is 161 Å². The Kier molecular flexibility index (Phi) is 3.89. The van der Waals surface area contributed by atoms with Crippen LogP contribution in [0.15, 0.2) is 43.0 Å². The van der Waals surface area contributed by atoms with Crippen molar-refractivity contribution in [3.05, 3.63) is 65.4 Å². The van der Waals surface area contributed by atoms with Gasteiger partial charge in [-0.1, -0.05) is 11.3 Å². The smallest absolute Gasteiger partial charge is 0.253 e. The quantitative estimate of drug-likeness (QED) is 0.572. The molecule has 28 heavy (non-hydrogen) atoms. The monoisotopic (exact) mass is 373 g/mol. The van der Waals surface area contributed by atoms with Gasteiger partial charge < -0.3 is 10.3 Å². The molecular formula is C20H19N7O. The average Bonchev–Trinajstić information content (AvgIpc) is 3.46. The van der Waals surface area contributed by atoms with Crippen molar-refractivity contribution in [3.63, 3.8) is 0 Å². The Morgan fingerprint density at radius 3 is 3.04 bits per heavy atom. The van der Waals surface area contributed by atoms with Crippen molar-refractivity contribution in [2.24, 2.45) is 0 Å². The predicted molar refractivity (Wildman–Crippen MR) is 103 cm³/mol. The van der Waals surface area contributed by atoms with Crippen LogP contribution in [-0.2, 0) is 12.8 Å². The third-order valence-corrected chi connectivity index (χ3v) is 5.18. The van der Waals surface area contributed by atoms with E-state index in [1.165, 1.54) is 23.7 Å². The second kappa shape index (κ2) is 6.56. The molecule has 5 rings (SSSR count). The highest BCUT2D eigenvalue weighted by atomic mass is 16.1. The number of imidazole rings is 1. The molecule has 3 aromatic heterocycles. The van der Waals surface area contributed by atoms with Gasteiger partial charge in [-0.15, -0.1) is 5.10 Å². The number of hydrogen-bond acceptors (Lipinski definition) is 5. The lowest BCUT2D eigenvalue weighted by atomic mass is 10.1. The molecule has 3 heterocycles. The highest BCUT2D eigenvalue weighted by molar-refractivity contribution is 5.96. The summed E-state index contributed by atoms with van der Waals surface area (Å²) in [4.78, 5) is 23.8. The van der Waals surface area contributed by atoms with Crippen LogP contribution in [0.25, 0.3) is 16.9 Å². The molecule has 0 saturated carbocycles. The van der Waals surface area contributed by atoms with Gasteiger partial charge in [-0.05, 0) is 55.5 Å². The number of aryl methyl sites for hydroxylation is 2. The number of rotatable bonds is 4. The zero-order chi connectivity index (χ0) is 19.1. The van der Waals surface area contributed by atoms with Crippen LogP contribution in [-0.4, -0.2) is 35.9 Å². The normalized spacial score (nSPS) is 14.2. The first-order valence-corrected chi connectivity index (χ1v) is 9.32. The van der Waals surface area contributed by atoms with Crippen molar-refractivity contribution in [2.45, 2.75) is 32.2 Å². The van der Waals surface area contributed by atoms with Crippen molar-refractivity contribution < 1.29 is 4.79 Å². The number of carbonyl (C=O) groups excluding carboxylic acids is 1. The summed E-state index contributed by atoms with van der Waals surface area (Å²) < 4.78 is 1.76. The molecule has 1 aromatic carbocycles. The molecule has 0 aliphatic heterocycles. The summed E-state index contributed by atoms with van der Waals surface area (Å²) in [7, 11) is 0. The van der Waals surface area contributed by atoms with E-state index in [9.17, 15) is 4.79 Å². The Balaban J connectivity index is 1.33. The minimum atomic E-state index is -0.284. The van der Waals surface area contributed by atoms with Gasteiger partial charge in [0, 0.05) is 6.20 Å². The zero-order valence-electron chi connectivity index (χ0n) is 15.4. The summed E-state index contributed by atoms with van der Waals surface area (Å²) in [6.45, 7) is 1.89. The Morgan fingerprint density at radius 1 is 1.21 bits per heavy atom. The number of aromatic amines is 1. The van der Waals surface area contributed by atoms with Gasteiger partial charge in [0.25, 0.3) is 5.91 Å². The molecule has 8 heteroatoms. The SMILES string of the molecule is CC(NC(=O)c1cnc2nc[nH]c2c1)c1cn(-c2ccc3c(c2)CCC3)nn1. The van der Waals surface area contributed by atoms with Gasteiger partial charge in [-0.3, -0.25) is 4.79 Å². The molecule has 0 fully saturated rings. The number of carbonyl (C=O) groups is 1. The molecular weight excluding hydrogens is 354 g/mol. The molecule has 1 unspecified atom stereocenters. The number of fused-ring (bicyclic) bond motifs is 2. The standard InChI is InChI=1S/C20H19N7O/c1-12(24-20(28)15-8-17-19(21-9-15)23-11-22-17)18-10-27(26-25-18)16-6-5-13-3-2-4-14(13)7-16/h5-12H,2-4H2,1H3,(H,24,28)(H,21,22,23). The maximum Gasteiger partial charge on any atom is 0.253 e. The van der Waals surface area contributed by atoms with E-state index in [-0.39, 0.29) is 11.9 Å². The lowest BCUT2D eigenvalue weighted by molar-refractivity contribution is 0.0939.